The molecule has 4 rings (SSSR count). The summed E-state index contributed by atoms with van der Waals surface area (Å²) in [6.07, 6.45) is 4.68. The first-order valence-electron chi connectivity index (χ1n) is 9.17. The lowest BCUT2D eigenvalue weighted by atomic mass is 9.64. The van der Waals surface area contributed by atoms with Gasteiger partial charge in [0.15, 0.2) is 0 Å². The first kappa shape index (κ1) is 20.3. The van der Waals surface area contributed by atoms with Crippen LogP contribution in [-0.2, 0) is 15.7 Å². The molecule has 0 aromatic heterocycles. The zero-order valence-corrected chi connectivity index (χ0v) is 15.3. The average Bonchev–Trinajstić information content (AvgIpc) is 2.50. The van der Waals surface area contributed by atoms with Crippen molar-refractivity contribution < 1.29 is 22.4 Å². The Hall–Kier alpha value is -2.41. The van der Waals surface area contributed by atoms with Gasteiger partial charge >= 0.3 is 0 Å². The standard InChI is InChI=1S/C11H11F2NO.C10H11F2N/c12-8-4-7(5-9(13)6-8)11(10(14)15)2-1-3-11;11-8-4-7(5-9(12)6-8)10(13)2-1-3-10/h4-6H,1-3H2,(H2,14,15);4-6H,1-3,13H2. The van der Waals surface area contributed by atoms with Gasteiger partial charge in [-0.25, -0.2) is 17.6 Å². The van der Waals surface area contributed by atoms with E-state index in [2.05, 4.69) is 0 Å². The van der Waals surface area contributed by atoms with E-state index in [1.165, 1.54) is 24.3 Å². The van der Waals surface area contributed by atoms with Crippen LogP contribution in [0.4, 0.5) is 17.6 Å². The molecule has 7 heteroatoms. The van der Waals surface area contributed by atoms with Crippen molar-refractivity contribution in [1.82, 2.24) is 0 Å². The van der Waals surface area contributed by atoms with Crippen LogP contribution in [0, 0.1) is 23.3 Å². The van der Waals surface area contributed by atoms with Gasteiger partial charge in [0.2, 0.25) is 5.91 Å². The normalized spacial score (nSPS) is 18.9. The van der Waals surface area contributed by atoms with Gasteiger partial charge in [-0.2, -0.15) is 0 Å². The largest absolute Gasteiger partial charge is 0.369 e. The van der Waals surface area contributed by atoms with E-state index in [1.54, 1.807) is 0 Å². The summed E-state index contributed by atoms with van der Waals surface area (Å²) >= 11 is 0. The lowest BCUT2D eigenvalue weighted by Gasteiger charge is -2.39. The van der Waals surface area contributed by atoms with Gasteiger partial charge in [0.25, 0.3) is 0 Å². The smallest absolute Gasteiger partial charge is 0.228 e. The molecule has 1 amide bonds. The molecular weight excluding hydrogens is 372 g/mol. The van der Waals surface area contributed by atoms with Crippen LogP contribution < -0.4 is 11.5 Å². The van der Waals surface area contributed by atoms with Crippen LogP contribution in [0.5, 0.6) is 0 Å². The van der Waals surface area contributed by atoms with E-state index in [9.17, 15) is 22.4 Å². The van der Waals surface area contributed by atoms with Gasteiger partial charge in [-0.15, -0.1) is 0 Å². The SMILES string of the molecule is NC(=O)C1(c2cc(F)cc(F)c2)CCC1.NC1(c2cc(F)cc(F)c2)CCC1. The zero-order valence-electron chi connectivity index (χ0n) is 15.3. The maximum atomic E-state index is 13.0. The van der Waals surface area contributed by atoms with Crippen LogP contribution in [0.15, 0.2) is 36.4 Å². The lowest BCUT2D eigenvalue weighted by molar-refractivity contribution is -0.126. The maximum absolute atomic E-state index is 13.0. The van der Waals surface area contributed by atoms with Crippen molar-refractivity contribution in [3.63, 3.8) is 0 Å². The minimum Gasteiger partial charge on any atom is -0.369 e. The molecular formula is C21H22F4N2O. The molecule has 0 bridgehead atoms. The number of nitrogens with two attached hydrogens (primary N) is 2. The summed E-state index contributed by atoms with van der Waals surface area (Å²) in [4.78, 5) is 11.3. The molecule has 2 aliphatic rings. The Morgan fingerprint density at radius 3 is 1.39 bits per heavy atom. The molecule has 28 heavy (non-hydrogen) atoms. The minimum atomic E-state index is -0.844. The second-order valence-corrected chi connectivity index (χ2v) is 7.63. The number of benzene rings is 2. The third kappa shape index (κ3) is 3.90. The molecule has 0 radical (unpaired) electrons. The predicted molar refractivity (Wildman–Crippen MR) is 97.2 cm³/mol. The van der Waals surface area contributed by atoms with E-state index in [4.69, 9.17) is 11.5 Å². The van der Waals surface area contributed by atoms with Gasteiger partial charge < -0.3 is 11.5 Å². The third-order valence-electron chi connectivity index (χ3n) is 5.78. The molecule has 2 fully saturated rings. The summed E-state index contributed by atoms with van der Waals surface area (Å²) < 4.78 is 51.6. The summed E-state index contributed by atoms with van der Waals surface area (Å²) in [7, 11) is 0. The summed E-state index contributed by atoms with van der Waals surface area (Å²) in [5.74, 6) is -2.94. The van der Waals surface area contributed by atoms with E-state index in [0.29, 0.717) is 24.0 Å². The van der Waals surface area contributed by atoms with Crippen LogP contribution in [0.3, 0.4) is 0 Å². The Morgan fingerprint density at radius 1 is 0.714 bits per heavy atom. The zero-order chi connectivity index (χ0) is 20.5. The van der Waals surface area contributed by atoms with Crippen molar-refractivity contribution in [2.24, 2.45) is 11.5 Å². The van der Waals surface area contributed by atoms with Crippen LogP contribution in [0.2, 0.25) is 0 Å². The number of rotatable bonds is 3. The van der Waals surface area contributed by atoms with Gasteiger partial charge in [-0.05, 0) is 67.5 Å². The van der Waals surface area contributed by atoms with Crippen LogP contribution in [0.25, 0.3) is 0 Å². The van der Waals surface area contributed by atoms with Crippen LogP contribution in [0.1, 0.15) is 49.7 Å². The summed E-state index contributed by atoms with van der Waals surface area (Å²) in [6.45, 7) is 0. The van der Waals surface area contributed by atoms with Crippen molar-refractivity contribution in [3.8, 4) is 0 Å². The number of hydrogen-bond donors (Lipinski definition) is 2. The quantitative estimate of drug-likeness (QED) is 0.767. The van der Waals surface area contributed by atoms with Crippen molar-refractivity contribution in [2.75, 3.05) is 0 Å². The predicted octanol–water partition coefficient (Wildman–Crippen LogP) is 4.17. The minimum absolute atomic E-state index is 0.360. The first-order chi connectivity index (χ1) is 13.1. The molecule has 150 valence electrons. The van der Waals surface area contributed by atoms with Crippen molar-refractivity contribution >= 4 is 5.91 Å². The van der Waals surface area contributed by atoms with E-state index >= 15 is 0 Å². The Morgan fingerprint density at radius 2 is 1.11 bits per heavy atom. The van der Waals surface area contributed by atoms with Crippen molar-refractivity contribution in [2.45, 2.75) is 49.5 Å². The van der Waals surface area contributed by atoms with Crippen molar-refractivity contribution in [1.29, 1.82) is 0 Å². The Bertz CT molecular complexity index is 851. The fourth-order valence-corrected chi connectivity index (χ4v) is 3.73. The molecule has 0 atom stereocenters. The molecule has 0 saturated heterocycles. The monoisotopic (exact) mass is 394 g/mol. The number of halogens is 4. The number of carbonyl (C=O) groups excluding carboxylic acids is 1. The van der Waals surface area contributed by atoms with Crippen molar-refractivity contribution in [3.05, 3.63) is 70.8 Å². The van der Waals surface area contributed by atoms with Gasteiger partial charge in [-0.1, -0.05) is 6.42 Å². The Labute approximate surface area is 160 Å². The highest BCUT2D eigenvalue weighted by Crippen LogP contribution is 2.43. The Balaban J connectivity index is 0.000000162. The molecule has 0 aliphatic heterocycles. The molecule has 2 aromatic carbocycles. The number of amides is 1. The maximum Gasteiger partial charge on any atom is 0.228 e. The summed E-state index contributed by atoms with van der Waals surface area (Å²) in [5, 5.41) is 0. The fraction of sp³-hybridized carbons (Fsp3) is 0.381. The van der Waals surface area contributed by atoms with E-state index in [-0.39, 0.29) is 0 Å². The highest BCUT2D eigenvalue weighted by atomic mass is 19.1. The van der Waals surface area contributed by atoms with Gasteiger partial charge in [-0.3, -0.25) is 4.79 Å². The topological polar surface area (TPSA) is 69.1 Å². The number of hydrogen-bond acceptors (Lipinski definition) is 2. The average molecular weight is 394 g/mol. The lowest BCUT2D eigenvalue weighted by Crippen LogP contribution is -2.46. The molecule has 0 spiro atoms. The molecule has 0 unspecified atom stereocenters. The molecule has 2 aromatic rings. The summed E-state index contributed by atoms with van der Waals surface area (Å²) in [6, 6.07) is 6.67. The molecule has 2 saturated carbocycles. The fourth-order valence-electron chi connectivity index (χ4n) is 3.73. The third-order valence-corrected chi connectivity index (χ3v) is 5.78. The van der Waals surface area contributed by atoms with Crippen LogP contribution in [-0.4, -0.2) is 5.91 Å². The first-order valence-corrected chi connectivity index (χ1v) is 9.17. The van der Waals surface area contributed by atoms with Gasteiger partial charge in [0, 0.05) is 17.7 Å². The van der Waals surface area contributed by atoms with E-state index in [1.807, 2.05) is 0 Å². The molecule has 3 nitrogen and oxygen atoms in total. The van der Waals surface area contributed by atoms with E-state index < -0.39 is 40.1 Å². The Kier molecular flexibility index (Phi) is 5.48. The second-order valence-electron chi connectivity index (χ2n) is 7.63. The van der Waals surface area contributed by atoms with E-state index in [0.717, 1.165) is 37.8 Å². The highest BCUT2D eigenvalue weighted by Gasteiger charge is 2.44. The highest BCUT2D eigenvalue weighted by molar-refractivity contribution is 5.87. The molecule has 0 heterocycles. The number of carbonyl (C=O) groups is 1. The molecule has 2 aliphatic carbocycles. The molecule has 4 N–H and O–H groups in total. The van der Waals surface area contributed by atoms with Gasteiger partial charge in [0.1, 0.15) is 23.3 Å². The van der Waals surface area contributed by atoms with Gasteiger partial charge in [0.05, 0.1) is 5.41 Å². The van der Waals surface area contributed by atoms with Crippen LogP contribution >= 0.6 is 0 Å². The summed E-state index contributed by atoms with van der Waals surface area (Å²) in [5.41, 5.74) is 10.8. The number of primary amides is 1. The second kappa shape index (κ2) is 7.54.